The van der Waals surface area contributed by atoms with Crippen LogP contribution < -0.4 is 4.74 Å². The summed E-state index contributed by atoms with van der Waals surface area (Å²) in [6.45, 7) is 5.85. The number of amides is 1. The lowest BCUT2D eigenvalue weighted by molar-refractivity contribution is 0.0774. The van der Waals surface area contributed by atoms with Crippen LogP contribution in [0.25, 0.3) is 11.0 Å². The quantitative estimate of drug-likeness (QED) is 0.400. The topological polar surface area (TPSA) is 60.2 Å². The van der Waals surface area contributed by atoms with Crippen LogP contribution in [0, 0.1) is 0 Å². The Kier molecular flexibility index (Phi) is 6.50. The Morgan fingerprint density at radius 2 is 1.78 bits per heavy atom. The van der Waals surface area contributed by atoms with Crippen LogP contribution in [-0.4, -0.2) is 39.0 Å². The lowest BCUT2D eigenvalue weighted by Gasteiger charge is -2.18. The average Bonchev–Trinajstić information content (AvgIpc) is 3.16. The van der Waals surface area contributed by atoms with Crippen LogP contribution in [0.1, 0.15) is 41.6 Å². The van der Waals surface area contributed by atoms with E-state index in [1.54, 1.807) is 30.3 Å². The molecule has 0 spiro atoms. The Balaban J connectivity index is 1.54. The minimum absolute atomic E-state index is 0.133. The van der Waals surface area contributed by atoms with Crippen molar-refractivity contribution in [3.05, 3.63) is 90.0 Å². The van der Waals surface area contributed by atoms with Gasteiger partial charge in [-0.05, 0) is 41.8 Å². The highest BCUT2D eigenvalue weighted by Crippen LogP contribution is 2.26. The van der Waals surface area contributed by atoms with Crippen LogP contribution in [0.15, 0.2) is 72.9 Å². The summed E-state index contributed by atoms with van der Waals surface area (Å²) >= 11 is 0. The number of hydrogen-bond acceptors (Lipinski definition) is 4. The SMILES string of the molecule is CC(C)c1ccccc1OCCn1c(CN(C)C(=O)c2ccccn2)nc2ccccc21. The van der Waals surface area contributed by atoms with E-state index < -0.39 is 0 Å². The third kappa shape index (κ3) is 4.64. The molecule has 0 saturated carbocycles. The zero-order chi connectivity index (χ0) is 22.5. The van der Waals surface area contributed by atoms with E-state index in [1.807, 2.05) is 42.5 Å². The van der Waals surface area contributed by atoms with E-state index in [0.29, 0.717) is 31.3 Å². The van der Waals surface area contributed by atoms with E-state index in [2.05, 4.69) is 35.5 Å². The van der Waals surface area contributed by atoms with Gasteiger partial charge in [-0.3, -0.25) is 9.78 Å². The average molecular weight is 429 g/mol. The van der Waals surface area contributed by atoms with Crippen molar-refractivity contribution in [2.24, 2.45) is 0 Å². The highest BCUT2D eigenvalue weighted by molar-refractivity contribution is 5.92. The van der Waals surface area contributed by atoms with Gasteiger partial charge in [-0.2, -0.15) is 0 Å². The number of ether oxygens (including phenoxy) is 1. The van der Waals surface area contributed by atoms with Crippen LogP contribution in [0.2, 0.25) is 0 Å². The first-order valence-corrected chi connectivity index (χ1v) is 10.9. The molecule has 0 radical (unpaired) electrons. The van der Waals surface area contributed by atoms with Gasteiger partial charge in [-0.15, -0.1) is 0 Å². The second-order valence-electron chi connectivity index (χ2n) is 8.09. The molecule has 0 N–H and O–H groups in total. The van der Waals surface area contributed by atoms with E-state index in [1.165, 1.54) is 5.56 Å². The summed E-state index contributed by atoms with van der Waals surface area (Å²) in [7, 11) is 1.77. The minimum atomic E-state index is -0.133. The lowest BCUT2D eigenvalue weighted by atomic mass is 10.0. The van der Waals surface area contributed by atoms with Crippen molar-refractivity contribution in [1.29, 1.82) is 0 Å². The normalized spacial score (nSPS) is 11.1. The summed E-state index contributed by atoms with van der Waals surface area (Å²) in [6.07, 6.45) is 1.63. The standard InChI is InChI=1S/C26H28N4O2/c1-19(2)20-10-4-7-14-24(20)32-17-16-30-23-13-6-5-11-21(23)28-25(30)18-29(3)26(31)22-12-8-9-15-27-22/h4-15,19H,16-18H2,1-3H3. The van der Waals surface area contributed by atoms with Crippen molar-refractivity contribution in [3.63, 3.8) is 0 Å². The van der Waals surface area contributed by atoms with Gasteiger partial charge in [-0.1, -0.05) is 50.2 Å². The molecule has 0 aliphatic heterocycles. The Labute approximate surface area is 188 Å². The Morgan fingerprint density at radius 1 is 1.03 bits per heavy atom. The van der Waals surface area contributed by atoms with Crippen LogP contribution >= 0.6 is 0 Å². The van der Waals surface area contributed by atoms with Crippen molar-refractivity contribution < 1.29 is 9.53 Å². The summed E-state index contributed by atoms with van der Waals surface area (Å²) in [6, 6.07) is 21.5. The molecule has 0 unspecified atom stereocenters. The fraction of sp³-hybridized carbons (Fsp3) is 0.269. The van der Waals surface area contributed by atoms with Crippen LogP contribution in [-0.2, 0) is 13.1 Å². The summed E-state index contributed by atoms with van der Waals surface area (Å²) < 4.78 is 8.29. The van der Waals surface area contributed by atoms with Crippen molar-refractivity contribution in [3.8, 4) is 5.75 Å². The molecule has 0 fully saturated rings. The third-order valence-corrected chi connectivity index (χ3v) is 5.46. The molecular weight excluding hydrogens is 400 g/mol. The largest absolute Gasteiger partial charge is 0.491 e. The number of pyridine rings is 1. The Morgan fingerprint density at radius 3 is 2.56 bits per heavy atom. The maximum Gasteiger partial charge on any atom is 0.272 e. The number of hydrogen-bond donors (Lipinski definition) is 0. The molecule has 0 aliphatic rings. The number of benzene rings is 2. The van der Waals surface area contributed by atoms with E-state index >= 15 is 0 Å². The van der Waals surface area contributed by atoms with Crippen molar-refractivity contribution >= 4 is 16.9 Å². The molecule has 164 valence electrons. The van der Waals surface area contributed by atoms with Crippen LogP contribution in [0.5, 0.6) is 5.75 Å². The van der Waals surface area contributed by atoms with Crippen molar-refractivity contribution in [2.45, 2.75) is 32.9 Å². The first kappa shape index (κ1) is 21.6. The van der Waals surface area contributed by atoms with E-state index in [9.17, 15) is 4.79 Å². The van der Waals surface area contributed by atoms with Gasteiger partial charge >= 0.3 is 0 Å². The summed E-state index contributed by atoms with van der Waals surface area (Å²) in [5.41, 5.74) is 3.56. The highest BCUT2D eigenvalue weighted by Gasteiger charge is 2.18. The molecule has 0 aliphatic carbocycles. The van der Waals surface area contributed by atoms with Gasteiger partial charge in [0.1, 0.15) is 23.9 Å². The molecule has 0 bridgehead atoms. The lowest BCUT2D eigenvalue weighted by Crippen LogP contribution is -2.28. The molecule has 2 heterocycles. The zero-order valence-electron chi connectivity index (χ0n) is 18.7. The van der Waals surface area contributed by atoms with Gasteiger partial charge in [0, 0.05) is 13.2 Å². The Hall–Kier alpha value is -3.67. The maximum absolute atomic E-state index is 12.8. The molecule has 4 aromatic rings. The number of para-hydroxylation sites is 3. The predicted octanol–water partition coefficient (Wildman–Crippen LogP) is 4.91. The van der Waals surface area contributed by atoms with Crippen molar-refractivity contribution in [1.82, 2.24) is 19.4 Å². The highest BCUT2D eigenvalue weighted by atomic mass is 16.5. The molecule has 0 atom stereocenters. The smallest absolute Gasteiger partial charge is 0.272 e. The molecule has 2 aromatic carbocycles. The number of carbonyl (C=O) groups is 1. The van der Waals surface area contributed by atoms with Gasteiger partial charge in [0.05, 0.1) is 24.1 Å². The minimum Gasteiger partial charge on any atom is -0.491 e. The number of fused-ring (bicyclic) bond motifs is 1. The first-order chi connectivity index (χ1) is 15.5. The number of imidazole rings is 1. The number of aromatic nitrogens is 3. The van der Waals surface area contributed by atoms with Crippen molar-refractivity contribution in [2.75, 3.05) is 13.7 Å². The molecule has 2 aromatic heterocycles. The third-order valence-electron chi connectivity index (χ3n) is 5.46. The van der Waals surface area contributed by atoms with Crippen LogP contribution in [0.3, 0.4) is 0 Å². The van der Waals surface area contributed by atoms with Crippen LogP contribution in [0.4, 0.5) is 0 Å². The molecule has 6 nitrogen and oxygen atoms in total. The molecule has 6 heteroatoms. The summed E-state index contributed by atoms with van der Waals surface area (Å²) in [5, 5.41) is 0. The van der Waals surface area contributed by atoms with Gasteiger partial charge in [0.25, 0.3) is 5.91 Å². The van der Waals surface area contributed by atoms with Gasteiger partial charge in [0.2, 0.25) is 0 Å². The number of rotatable bonds is 8. The second kappa shape index (κ2) is 9.64. The summed E-state index contributed by atoms with van der Waals surface area (Å²) in [5.74, 6) is 1.99. The van der Waals surface area contributed by atoms with Gasteiger partial charge in [-0.25, -0.2) is 4.98 Å². The maximum atomic E-state index is 12.8. The van der Waals surface area contributed by atoms with Gasteiger partial charge in [0.15, 0.2) is 0 Å². The number of carbonyl (C=O) groups excluding carboxylic acids is 1. The first-order valence-electron chi connectivity index (χ1n) is 10.9. The van der Waals surface area contributed by atoms with Gasteiger partial charge < -0.3 is 14.2 Å². The summed E-state index contributed by atoms with van der Waals surface area (Å²) in [4.78, 5) is 23.4. The monoisotopic (exact) mass is 428 g/mol. The fourth-order valence-electron chi connectivity index (χ4n) is 3.80. The molecule has 4 rings (SSSR count). The predicted molar refractivity (Wildman–Crippen MR) is 126 cm³/mol. The fourth-order valence-corrected chi connectivity index (χ4v) is 3.80. The van der Waals surface area contributed by atoms with E-state index in [4.69, 9.17) is 9.72 Å². The molecular formula is C26H28N4O2. The second-order valence-corrected chi connectivity index (χ2v) is 8.09. The molecule has 1 amide bonds. The molecule has 32 heavy (non-hydrogen) atoms. The Bertz CT molecular complexity index is 1200. The van der Waals surface area contributed by atoms with E-state index in [-0.39, 0.29) is 5.91 Å². The van der Waals surface area contributed by atoms with E-state index in [0.717, 1.165) is 22.6 Å². The number of nitrogens with zero attached hydrogens (tertiary/aromatic N) is 4. The zero-order valence-corrected chi connectivity index (χ0v) is 18.7. The molecule has 0 saturated heterocycles.